The summed E-state index contributed by atoms with van der Waals surface area (Å²) in [6, 6.07) is 11.0. The van der Waals surface area contributed by atoms with Crippen LogP contribution in [0.5, 0.6) is 17.2 Å². The molecular formula is C35H47N5O6. The van der Waals surface area contributed by atoms with Crippen LogP contribution in [0.1, 0.15) is 50.2 Å². The normalized spacial score (nSPS) is 17.0. The van der Waals surface area contributed by atoms with Crippen molar-refractivity contribution in [2.45, 2.75) is 64.1 Å². The summed E-state index contributed by atoms with van der Waals surface area (Å²) >= 11 is 0. The number of amides is 3. The SMILES string of the molecule is COc1cc(CN(C(C)=O)C(=O)C(Cc2c[nH]c3ccccc23)NC(=O)CN2CCN(C3CCCCC3)CC2)cc(OC)c1OC. The summed E-state index contributed by atoms with van der Waals surface area (Å²) in [5.41, 5.74) is 2.43. The van der Waals surface area contributed by atoms with Crippen molar-refractivity contribution in [1.82, 2.24) is 25.0 Å². The summed E-state index contributed by atoms with van der Waals surface area (Å²) in [7, 11) is 4.54. The Labute approximate surface area is 271 Å². The molecule has 11 nitrogen and oxygen atoms in total. The molecule has 248 valence electrons. The number of aromatic amines is 1. The summed E-state index contributed by atoms with van der Waals surface area (Å²) in [5.74, 6) is 0.0944. The van der Waals surface area contributed by atoms with Crippen LogP contribution in [-0.4, -0.2) is 104 Å². The lowest BCUT2D eigenvalue weighted by Gasteiger charge is -2.40. The second-order valence-corrected chi connectivity index (χ2v) is 12.3. The van der Waals surface area contributed by atoms with Gasteiger partial charge in [-0.25, -0.2) is 0 Å². The van der Waals surface area contributed by atoms with Gasteiger partial charge in [0, 0.05) is 62.7 Å². The summed E-state index contributed by atoms with van der Waals surface area (Å²) in [6.07, 6.45) is 8.55. The van der Waals surface area contributed by atoms with Crippen molar-refractivity contribution >= 4 is 28.6 Å². The molecule has 1 aromatic heterocycles. The molecular weight excluding hydrogens is 586 g/mol. The molecule has 0 radical (unpaired) electrons. The van der Waals surface area contributed by atoms with Gasteiger partial charge in [-0.05, 0) is 42.2 Å². The molecule has 2 heterocycles. The molecule has 2 N–H and O–H groups in total. The number of methoxy groups -OCH3 is 3. The van der Waals surface area contributed by atoms with Gasteiger partial charge in [0.25, 0.3) is 5.91 Å². The minimum atomic E-state index is -0.957. The fourth-order valence-electron chi connectivity index (χ4n) is 6.84. The van der Waals surface area contributed by atoms with Crippen molar-refractivity contribution in [2.75, 3.05) is 54.1 Å². The molecule has 1 unspecified atom stereocenters. The maximum atomic E-state index is 14.2. The third kappa shape index (κ3) is 7.82. The zero-order chi connectivity index (χ0) is 32.6. The highest BCUT2D eigenvalue weighted by atomic mass is 16.5. The number of H-pyrrole nitrogens is 1. The first-order valence-electron chi connectivity index (χ1n) is 16.2. The summed E-state index contributed by atoms with van der Waals surface area (Å²) in [4.78, 5) is 49.9. The fourth-order valence-corrected chi connectivity index (χ4v) is 6.84. The topological polar surface area (TPSA) is 116 Å². The number of imide groups is 1. The van der Waals surface area contributed by atoms with Crippen LogP contribution < -0.4 is 19.5 Å². The van der Waals surface area contributed by atoms with Gasteiger partial charge in [-0.3, -0.25) is 29.1 Å². The first-order valence-corrected chi connectivity index (χ1v) is 16.2. The second kappa shape index (κ2) is 15.5. The molecule has 5 rings (SSSR count). The van der Waals surface area contributed by atoms with Crippen molar-refractivity contribution in [3.63, 3.8) is 0 Å². The number of nitrogens with zero attached hydrogens (tertiary/aromatic N) is 3. The van der Waals surface area contributed by atoms with Gasteiger partial charge >= 0.3 is 0 Å². The molecule has 1 saturated heterocycles. The number of piperazine rings is 1. The van der Waals surface area contributed by atoms with E-state index in [0.29, 0.717) is 28.9 Å². The number of para-hydroxylation sites is 1. The second-order valence-electron chi connectivity index (χ2n) is 12.3. The average molecular weight is 634 g/mol. The van der Waals surface area contributed by atoms with E-state index in [9.17, 15) is 14.4 Å². The van der Waals surface area contributed by atoms with Gasteiger partial charge < -0.3 is 24.5 Å². The number of hydrogen-bond donors (Lipinski definition) is 2. The predicted octanol–water partition coefficient (Wildman–Crippen LogP) is 3.75. The lowest BCUT2D eigenvalue weighted by molar-refractivity contribution is -0.147. The number of carbonyl (C=O) groups excluding carboxylic acids is 3. The maximum Gasteiger partial charge on any atom is 0.252 e. The van der Waals surface area contributed by atoms with Gasteiger partial charge in [-0.2, -0.15) is 0 Å². The minimum absolute atomic E-state index is 0.0335. The van der Waals surface area contributed by atoms with Crippen molar-refractivity contribution in [3.05, 3.63) is 53.7 Å². The van der Waals surface area contributed by atoms with E-state index in [1.807, 2.05) is 30.5 Å². The Kier molecular flexibility index (Phi) is 11.2. The Balaban J connectivity index is 1.33. The first-order chi connectivity index (χ1) is 22.3. The van der Waals surface area contributed by atoms with E-state index in [2.05, 4.69) is 20.1 Å². The molecule has 3 aromatic rings. The molecule has 1 atom stereocenters. The number of hydrogen-bond acceptors (Lipinski definition) is 8. The molecule has 1 aliphatic heterocycles. The van der Waals surface area contributed by atoms with E-state index in [0.717, 1.165) is 42.6 Å². The molecule has 1 aliphatic carbocycles. The van der Waals surface area contributed by atoms with Crippen LogP contribution in [0, 0.1) is 0 Å². The number of ether oxygens (including phenoxy) is 3. The third-order valence-corrected chi connectivity index (χ3v) is 9.31. The highest BCUT2D eigenvalue weighted by molar-refractivity contribution is 5.99. The molecule has 1 saturated carbocycles. The highest BCUT2D eigenvalue weighted by Crippen LogP contribution is 2.38. The average Bonchev–Trinajstić information content (AvgIpc) is 3.49. The maximum absolute atomic E-state index is 14.2. The zero-order valence-corrected chi connectivity index (χ0v) is 27.5. The molecule has 2 fully saturated rings. The summed E-state index contributed by atoms with van der Waals surface area (Å²) in [5, 5.41) is 3.97. The van der Waals surface area contributed by atoms with Gasteiger partial charge in [-0.1, -0.05) is 37.5 Å². The lowest BCUT2D eigenvalue weighted by atomic mass is 9.94. The Bertz CT molecular complexity index is 1480. The van der Waals surface area contributed by atoms with Gasteiger partial charge in [-0.15, -0.1) is 0 Å². The van der Waals surface area contributed by atoms with Crippen LogP contribution in [0.25, 0.3) is 10.9 Å². The summed E-state index contributed by atoms with van der Waals surface area (Å²) in [6.45, 7) is 5.03. The van der Waals surface area contributed by atoms with Crippen molar-refractivity contribution < 1.29 is 28.6 Å². The van der Waals surface area contributed by atoms with E-state index in [-0.39, 0.29) is 25.4 Å². The van der Waals surface area contributed by atoms with Gasteiger partial charge in [0.2, 0.25) is 17.6 Å². The van der Waals surface area contributed by atoms with Crippen LogP contribution in [-0.2, 0) is 27.3 Å². The van der Waals surface area contributed by atoms with E-state index in [1.165, 1.54) is 65.3 Å². The van der Waals surface area contributed by atoms with E-state index < -0.39 is 17.9 Å². The number of aromatic nitrogens is 1. The van der Waals surface area contributed by atoms with Crippen molar-refractivity contribution in [2.24, 2.45) is 0 Å². The minimum Gasteiger partial charge on any atom is -0.493 e. The van der Waals surface area contributed by atoms with E-state index in [1.54, 1.807) is 12.1 Å². The van der Waals surface area contributed by atoms with Crippen LogP contribution >= 0.6 is 0 Å². The standard InChI is InChI=1S/C35H47N5O6/c1-24(41)40(22-25-18-31(44-2)34(46-4)32(19-25)45-3)35(43)30(20-26-21-36-29-13-9-8-12-28(26)29)37-33(42)23-38-14-16-39(17-15-38)27-10-6-5-7-11-27/h8-9,12-13,18-19,21,27,30,36H,5-7,10-11,14-17,20,22-23H2,1-4H3,(H,37,42). The molecule has 0 bridgehead atoms. The van der Waals surface area contributed by atoms with Crippen LogP contribution in [0.4, 0.5) is 0 Å². The first kappa shape index (κ1) is 33.3. The number of nitrogens with one attached hydrogen (secondary N) is 2. The molecule has 0 spiro atoms. The smallest absolute Gasteiger partial charge is 0.252 e. The number of benzene rings is 2. The number of fused-ring (bicyclic) bond motifs is 1. The lowest BCUT2D eigenvalue weighted by Crippen LogP contribution is -2.55. The molecule has 46 heavy (non-hydrogen) atoms. The predicted molar refractivity (Wildman–Crippen MR) is 176 cm³/mol. The third-order valence-electron chi connectivity index (χ3n) is 9.31. The van der Waals surface area contributed by atoms with Crippen molar-refractivity contribution in [3.8, 4) is 17.2 Å². The quantitative estimate of drug-likeness (QED) is 0.310. The highest BCUT2D eigenvalue weighted by Gasteiger charge is 2.32. The number of carbonyl (C=O) groups is 3. The van der Waals surface area contributed by atoms with E-state index >= 15 is 0 Å². The molecule has 11 heteroatoms. The Morgan fingerprint density at radius 2 is 1.63 bits per heavy atom. The largest absolute Gasteiger partial charge is 0.493 e. The van der Waals surface area contributed by atoms with Crippen LogP contribution in [0.2, 0.25) is 0 Å². The summed E-state index contributed by atoms with van der Waals surface area (Å²) < 4.78 is 16.4. The van der Waals surface area contributed by atoms with Crippen molar-refractivity contribution in [1.29, 1.82) is 0 Å². The Morgan fingerprint density at radius 1 is 0.957 bits per heavy atom. The zero-order valence-electron chi connectivity index (χ0n) is 27.5. The molecule has 2 aromatic carbocycles. The fraction of sp³-hybridized carbons (Fsp3) is 0.514. The van der Waals surface area contributed by atoms with Crippen LogP contribution in [0.15, 0.2) is 42.6 Å². The molecule has 2 aliphatic rings. The Hall–Kier alpha value is -4.09. The van der Waals surface area contributed by atoms with Gasteiger partial charge in [0.05, 0.1) is 34.4 Å². The Morgan fingerprint density at radius 3 is 2.26 bits per heavy atom. The van der Waals surface area contributed by atoms with Crippen LogP contribution in [0.3, 0.4) is 0 Å². The monoisotopic (exact) mass is 633 g/mol. The molecule has 3 amide bonds. The number of rotatable bonds is 12. The van der Waals surface area contributed by atoms with Gasteiger partial charge in [0.1, 0.15) is 6.04 Å². The van der Waals surface area contributed by atoms with E-state index in [4.69, 9.17) is 14.2 Å². The van der Waals surface area contributed by atoms with Gasteiger partial charge in [0.15, 0.2) is 11.5 Å².